The number of benzene rings is 1. The highest BCUT2D eigenvalue weighted by Gasteiger charge is 2.14. The zero-order chi connectivity index (χ0) is 13.5. The van der Waals surface area contributed by atoms with E-state index < -0.39 is 6.61 Å². The summed E-state index contributed by atoms with van der Waals surface area (Å²) >= 11 is 0. The molecule has 0 amide bonds. The zero-order valence-corrected chi connectivity index (χ0v) is 10.1. The van der Waals surface area contributed by atoms with Crippen LogP contribution in [0.25, 0.3) is 0 Å². The predicted molar refractivity (Wildman–Crippen MR) is 60.0 cm³/mol. The molecular formula is C12H14F2O4. The van der Waals surface area contributed by atoms with E-state index in [1.54, 1.807) is 12.1 Å². The van der Waals surface area contributed by atoms with Crippen molar-refractivity contribution in [3.63, 3.8) is 0 Å². The smallest absolute Gasteiger partial charge is 0.387 e. The highest BCUT2D eigenvalue weighted by Crippen LogP contribution is 2.32. The Morgan fingerprint density at radius 1 is 1.33 bits per heavy atom. The van der Waals surface area contributed by atoms with E-state index in [9.17, 15) is 13.6 Å². The number of hydrogen-bond acceptors (Lipinski definition) is 4. The molecule has 0 saturated heterocycles. The van der Waals surface area contributed by atoms with Gasteiger partial charge in [-0.25, -0.2) is 0 Å². The molecule has 0 spiro atoms. The van der Waals surface area contributed by atoms with Gasteiger partial charge >= 0.3 is 12.6 Å². The second-order valence-electron chi connectivity index (χ2n) is 3.40. The summed E-state index contributed by atoms with van der Waals surface area (Å²) in [5, 5.41) is 0. The molecule has 0 aliphatic heterocycles. The fraction of sp³-hybridized carbons (Fsp3) is 0.417. The first-order valence-electron chi connectivity index (χ1n) is 5.26. The van der Waals surface area contributed by atoms with Gasteiger partial charge in [-0.3, -0.25) is 4.79 Å². The Morgan fingerprint density at radius 2 is 2.06 bits per heavy atom. The Balaban J connectivity index is 2.87. The first kappa shape index (κ1) is 14.2. The van der Waals surface area contributed by atoms with E-state index in [0.29, 0.717) is 12.0 Å². The lowest BCUT2D eigenvalue weighted by Gasteiger charge is -2.13. The van der Waals surface area contributed by atoms with E-state index in [2.05, 4.69) is 9.47 Å². The summed E-state index contributed by atoms with van der Waals surface area (Å²) < 4.78 is 38.2. The van der Waals surface area contributed by atoms with Crippen LogP contribution in [-0.4, -0.2) is 26.8 Å². The zero-order valence-electron chi connectivity index (χ0n) is 10.1. The van der Waals surface area contributed by atoms with Crippen LogP contribution in [-0.2, 0) is 16.0 Å². The maximum Gasteiger partial charge on any atom is 0.387 e. The molecule has 1 rings (SSSR count). The second kappa shape index (κ2) is 6.78. The number of carbonyl (C=O) groups excluding carboxylic acids is 1. The summed E-state index contributed by atoms with van der Waals surface area (Å²) in [5.41, 5.74) is 0.612. The fourth-order valence-corrected chi connectivity index (χ4v) is 1.52. The van der Waals surface area contributed by atoms with Crippen molar-refractivity contribution in [2.75, 3.05) is 14.2 Å². The first-order chi connectivity index (χ1) is 8.58. The lowest BCUT2D eigenvalue weighted by molar-refractivity contribution is -0.140. The minimum Gasteiger partial charge on any atom is -0.493 e. The minimum absolute atomic E-state index is 0.0464. The van der Waals surface area contributed by atoms with Crippen LogP contribution in [0.1, 0.15) is 12.0 Å². The van der Waals surface area contributed by atoms with Gasteiger partial charge in [0, 0.05) is 6.42 Å². The van der Waals surface area contributed by atoms with Gasteiger partial charge in [-0.1, -0.05) is 12.1 Å². The summed E-state index contributed by atoms with van der Waals surface area (Å²) in [5.74, 6) is -0.214. The number of alkyl halides is 2. The number of hydrogen-bond donors (Lipinski definition) is 0. The molecule has 100 valence electrons. The van der Waals surface area contributed by atoms with Crippen molar-refractivity contribution >= 4 is 5.97 Å². The molecule has 1 aromatic rings. The minimum atomic E-state index is -2.92. The van der Waals surface area contributed by atoms with Gasteiger partial charge < -0.3 is 14.2 Å². The summed E-state index contributed by atoms with van der Waals surface area (Å²) in [7, 11) is 2.64. The monoisotopic (exact) mass is 260 g/mol. The van der Waals surface area contributed by atoms with Crippen LogP contribution in [0.5, 0.6) is 11.5 Å². The van der Waals surface area contributed by atoms with Gasteiger partial charge in [-0.2, -0.15) is 8.78 Å². The van der Waals surface area contributed by atoms with Gasteiger partial charge in [0.1, 0.15) is 0 Å². The number of rotatable bonds is 6. The molecule has 0 radical (unpaired) electrons. The summed E-state index contributed by atoms with van der Waals surface area (Å²) in [6, 6.07) is 4.62. The summed E-state index contributed by atoms with van der Waals surface area (Å²) in [6.45, 7) is -2.92. The molecule has 0 fully saturated rings. The molecule has 18 heavy (non-hydrogen) atoms. The van der Waals surface area contributed by atoms with E-state index in [1.807, 2.05) is 0 Å². The van der Waals surface area contributed by atoms with Crippen LogP contribution >= 0.6 is 0 Å². The van der Waals surface area contributed by atoms with E-state index >= 15 is 0 Å². The van der Waals surface area contributed by atoms with E-state index in [0.717, 1.165) is 0 Å². The Bertz CT molecular complexity index is 407. The van der Waals surface area contributed by atoms with Gasteiger partial charge in [0.2, 0.25) is 0 Å². The predicted octanol–water partition coefficient (Wildman–Crippen LogP) is 2.40. The maximum absolute atomic E-state index is 12.2. The van der Waals surface area contributed by atoms with E-state index in [4.69, 9.17) is 4.74 Å². The number of esters is 1. The molecular weight excluding hydrogens is 246 g/mol. The molecule has 0 aromatic heterocycles. The van der Waals surface area contributed by atoms with Crippen LogP contribution in [0, 0.1) is 0 Å². The quantitative estimate of drug-likeness (QED) is 0.737. The van der Waals surface area contributed by atoms with Crippen molar-refractivity contribution in [1.82, 2.24) is 0 Å². The van der Waals surface area contributed by atoms with Crippen LogP contribution in [0.2, 0.25) is 0 Å². The van der Waals surface area contributed by atoms with Gasteiger partial charge in [0.15, 0.2) is 11.5 Å². The molecule has 0 atom stereocenters. The standard InChI is InChI=1S/C12H14F2O4/c1-16-10(15)7-6-8-4-3-5-9(11(8)17-2)18-12(13)14/h3-5,12H,6-7H2,1-2H3. The molecule has 0 unspecified atom stereocenters. The molecule has 6 heteroatoms. The molecule has 0 N–H and O–H groups in total. The Morgan fingerprint density at radius 3 is 2.61 bits per heavy atom. The Labute approximate surface area is 103 Å². The topological polar surface area (TPSA) is 44.8 Å². The third-order valence-electron chi connectivity index (χ3n) is 2.31. The van der Waals surface area contributed by atoms with Gasteiger partial charge in [0.25, 0.3) is 0 Å². The average molecular weight is 260 g/mol. The number of aryl methyl sites for hydroxylation is 1. The summed E-state index contributed by atoms with van der Waals surface area (Å²) in [6.07, 6.45) is 0.473. The van der Waals surface area contributed by atoms with Crippen LogP contribution in [0.4, 0.5) is 8.78 Å². The van der Waals surface area contributed by atoms with Crippen LogP contribution < -0.4 is 9.47 Å². The van der Waals surface area contributed by atoms with Crippen molar-refractivity contribution < 1.29 is 27.8 Å². The van der Waals surface area contributed by atoms with Gasteiger partial charge in [-0.05, 0) is 18.1 Å². The third-order valence-corrected chi connectivity index (χ3v) is 2.31. The van der Waals surface area contributed by atoms with Crippen molar-refractivity contribution in [3.8, 4) is 11.5 Å². The van der Waals surface area contributed by atoms with Crippen LogP contribution in [0.15, 0.2) is 18.2 Å². The van der Waals surface area contributed by atoms with Gasteiger partial charge in [0.05, 0.1) is 14.2 Å². The number of halogens is 2. The molecule has 1 aromatic carbocycles. The molecule has 0 bridgehead atoms. The average Bonchev–Trinajstić information content (AvgIpc) is 2.35. The first-order valence-corrected chi connectivity index (χ1v) is 5.26. The number of para-hydroxylation sites is 1. The SMILES string of the molecule is COC(=O)CCc1cccc(OC(F)F)c1OC. The number of carbonyl (C=O) groups is 1. The highest BCUT2D eigenvalue weighted by atomic mass is 19.3. The van der Waals surface area contributed by atoms with Crippen molar-refractivity contribution in [3.05, 3.63) is 23.8 Å². The molecule has 0 heterocycles. The van der Waals surface area contributed by atoms with Gasteiger partial charge in [-0.15, -0.1) is 0 Å². The number of methoxy groups -OCH3 is 2. The second-order valence-corrected chi connectivity index (χ2v) is 3.40. The molecule has 0 aliphatic carbocycles. The Kier molecular flexibility index (Phi) is 5.35. The largest absolute Gasteiger partial charge is 0.493 e. The highest BCUT2D eigenvalue weighted by molar-refractivity contribution is 5.69. The van der Waals surface area contributed by atoms with Crippen molar-refractivity contribution in [2.45, 2.75) is 19.5 Å². The lowest BCUT2D eigenvalue weighted by atomic mass is 10.1. The summed E-state index contributed by atoms with van der Waals surface area (Å²) in [4.78, 5) is 11.0. The van der Waals surface area contributed by atoms with Crippen molar-refractivity contribution in [2.24, 2.45) is 0 Å². The number of ether oxygens (including phenoxy) is 3. The molecule has 0 saturated carbocycles. The van der Waals surface area contributed by atoms with Crippen molar-refractivity contribution in [1.29, 1.82) is 0 Å². The fourth-order valence-electron chi connectivity index (χ4n) is 1.52. The Hall–Kier alpha value is -1.85. The molecule has 4 nitrogen and oxygen atoms in total. The normalized spacial score (nSPS) is 10.3. The molecule has 0 aliphatic rings. The third kappa shape index (κ3) is 3.87. The van der Waals surface area contributed by atoms with Crippen LogP contribution in [0.3, 0.4) is 0 Å². The lowest BCUT2D eigenvalue weighted by Crippen LogP contribution is -2.06. The van der Waals surface area contributed by atoms with E-state index in [-0.39, 0.29) is 23.9 Å². The van der Waals surface area contributed by atoms with E-state index in [1.165, 1.54) is 20.3 Å². The maximum atomic E-state index is 12.2.